The quantitative estimate of drug-likeness (QED) is 0.718. The summed E-state index contributed by atoms with van der Waals surface area (Å²) in [5.41, 5.74) is 0.681. The van der Waals surface area contributed by atoms with E-state index in [1.165, 1.54) is 19.3 Å². The van der Waals surface area contributed by atoms with Gasteiger partial charge in [-0.3, -0.25) is 0 Å². The van der Waals surface area contributed by atoms with Crippen molar-refractivity contribution in [2.75, 3.05) is 20.1 Å². The Hall–Kier alpha value is -0.0800. The fourth-order valence-corrected chi connectivity index (χ4v) is 1.89. The molecule has 96 valence electrons. The summed E-state index contributed by atoms with van der Waals surface area (Å²) in [5.74, 6) is 0. The molecule has 0 amide bonds. The molecule has 2 heteroatoms. The molecule has 1 saturated carbocycles. The summed E-state index contributed by atoms with van der Waals surface area (Å²) in [5, 5.41) is 3.65. The van der Waals surface area contributed by atoms with Gasteiger partial charge in [0.1, 0.15) is 0 Å². The van der Waals surface area contributed by atoms with Gasteiger partial charge in [0, 0.05) is 24.7 Å². The molecule has 0 aliphatic heterocycles. The fourth-order valence-electron chi connectivity index (χ4n) is 1.89. The molecule has 1 aliphatic carbocycles. The highest BCUT2D eigenvalue weighted by Gasteiger charge is 2.29. The molecule has 0 unspecified atom stereocenters. The summed E-state index contributed by atoms with van der Waals surface area (Å²) in [6, 6.07) is 0.823. The molecule has 1 N–H and O–H groups in total. The van der Waals surface area contributed by atoms with Crippen molar-refractivity contribution in [1.82, 2.24) is 10.2 Å². The Morgan fingerprint density at radius 3 is 2.19 bits per heavy atom. The summed E-state index contributed by atoms with van der Waals surface area (Å²) in [4.78, 5) is 2.50. The third-order valence-corrected chi connectivity index (χ3v) is 4.01. The van der Waals surface area contributed by atoms with Gasteiger partial charge in [0.05, 0.1) is 0 Å². The van der Waals surface area contributed by atoms with Crippen molar-refractivity contribution in [3.63, 3.8) is 0 Å². The van der Waals surface area contributed by atoms with E-state index in [0.717, 1.165) is 19.1 Å². The summed E-state index contributed by atoms with van der Waals surface area (Å²) in [6.07, 6.45) is 3.97. The molecule has 0 atom stereocenters. The predicted octanol–water partition coefficient (Wildman–Crippen LogP) is 2.89. The molecule has 0 aromatic heterocycles. The van der Waals surface area contributed by atoms with Crippen LogP contribution in [0.15, 0.2) is 0 Å². The maximum atomic E-state index is 3.65. The highest BCUT2D eigenvalue weighted by atomic mass is 15.2. The van der Waals surface area contributed by atoms with Crippen LogP contribution in [0.4, 0.5) is 0 Å². The summed E-state index contributed by atoms with van der Waals surface area (Å²) in [7, 11) is 2.25. The van der Waals surface area contributed by atoms with Gasteiger partial charge in [-0.05, 0) is 45.6 Å². The Kier molecular flexibility index (Phi) is 4.42. The monoisotopic (exact) mass is 226 g/mol. The van der Waals surface area contributed by atoms with E-state index in [-0.39, 0.29) is 0 Å². The van der Waals surface area contributed by atoms with Crippen molar-refractivity contribution in [3.05, 3.63) is 0 Å². The second-order valence-electron chi connectivity index (χ2n) is 6.84. The molecule has 0 spiro atoms. The molecule has 0 saturated heterocycles. The van der Waals surface area contributed by atoms with Crippen LogP contribution in [-0.2, 0) is 0 Å². The smallest absolute Gasteiger partial charge is 0.0147 e. The second kappa shape index (κ2) is 5.05. The first-order valence-corrected chi connectivity index (χ1v) is 6.71. The lowest BCUT2D eigenvalue weighted by molar-refractivity contribution is 0.0972. The first-order valence-electron chi connectivity index (χ1n) is 6.71. The predicted molar refractivity (Wildman–Crippen MR) is 71.8 cm³/mol. The number of nitrogens with one attached hydrogen (secondary N) is 1. The first kappa shape index (κ1) is 14.0. The van der Waals surface area contributed by atoms with E-state index in [9.17, 15) is 0 Å². The van der Waals surface area contributed by atoms with Crippen molar-refractivity contribution in [3.8, 4) is 0 Å². The van der Waals surface area contributed by atoms with Gasteiger partial charge in [-0.1, -0.05) is 20.8 Å². The molecule has 0 aromatic carbocycles. The lowest BCUT2D eigenvalue weighted by Gasteiger charge is -2.40. The highest BCUT2D eigenvalue weighted by molar-refractivity contribution is 4.87. The van der Waals surface area contributed by atoms with Gasteiger partial charge in [0.25, 0.3) is 0 Å². The number of rotatable bonds is 7. The average molecular weight is 226 g/mol. The molecule has 0 heterocycles. The minimum atomic E-state index is 0.316. The zero-order valence-corrected chi connectivity index (χ0v) is 12.1. The molecule has 0 aromatic rings. The van der Waals surface area contributed by atoms with Crippen LogP contribution >= 0.6 is 0 Å². The molecule has 0 radical (unpaired) electrons. The molecule has 1 aliphatic rings. The first-order chi connectivity index (χ1) is 7.27. The van der Waals surface area contributed by atoms with Crippen LogP contribution in [0.5, 0.6) is 0 Å². The van der Waals surface area contributed by atoms with Crippen molar-refractivity contribution < 1.29 is 0 Å². The van der Waals surface area contributed by atoms with E-state index in [4.69, 9.17) is 0 Å². The van der Waals surface area contributed by atoms with Gasteiger partial charge < -0.3 is 10.2 Å². The Bertz CT molecular complexity index is 217. The minimum absolute atomic E-state index is 0.316. The molecule has 2 nitrogen and oxygen atoms in total. The Balaban J connectivity index is 2.37. The van der Waals surface area contributed by atoms with Crippen LogP contribution in [0.25, 0.3) is 0 Å². The van der Waals surface area contributed by atoms with Crippen LogP contribution in [-0.4, -0.2) is 36.6 Å². The van der Waals surface area contributed by atoms with E-state index in [2.05, 4.69) is 51.9 Å². The molecule has 1 fully saturated rings. The van der Waals surface area contributed by atoms with E-state index < -0.39 is 0 Å². The number of nitrogens with zero attached hydrogens (tertiary/aromatic N) is 1. The standard InChI is InChI=1S/C14H30N2/c1-7-14(4,5)16(6)11-13(2,3)10-15-12-8-9-12/h12,15H,7-11H2,1-6H3. The van der Waals surface area contributed by atoms with Gasteiger partial charge in [0.15, 0.2) is 0 Å². The van der Waals surface area contributed by atoms with Gasteiger partial charge in [0.2, 0.25) is 0 Å². The van der Waals surface area contributed by atoms with Gasteiger partial charge in [-0.25, -0.2) is 0 Å². The lowest BCUT2D eigenvalue weighted by atomic mass is 9.89. The lowest BCUT2D eigenvalue weighted by Crippen LogP contribution is -2.48. The summed E-state index contributed by atoms with van der Waals surface area (Å²) >= 11 is 0. The van der Waals surface area contributed by atoms with Gasteiger partial charge in [-0.2, -0.15) is 0 Å². The van der Waals surface area contributed by atoms with Crippen LogP contribution in [0.3, 0.4) is 0 Å². The van der Waals surface area contributed by atoms with Crippen LogP contribution < -0.4 is 5.32 Å². The van der Waals surface area contributed by atoms with E-state index in [1.807, 2.05) is 0 Å². The van der Waals surface area contributed by atoms with Crippen LogP contribution in [0.2, 0.25) is 0 Å². The molecule has 1 rings (SSSR count). The van der Waals surface area contributed by atoms with Crippen LogP contribution in [0.1, 0.15) is 53.9 Å². The Morgan fingerprint density at radius 2 is 1.75 bits per heavy atom. The molecule has 0 bridgehead atoms. The largest absolute Gasteiger partial charge is 0.313 e. The summed E-state index contributed by atoms with van der Waals surface area (Å²) < 4.78 is 0. The third-order valence-electron chi connectivity index (χ3n) is 4.01. The van der Waals surface area contributed by atoms with Gasteiger partial charge >= 0.3 is 0 Å². The maximum Gasteiger partial charge on any atom is 0.0147 e. The average Bonchev–Trinajstić information content (AvgIpc) is 2.97. The highest BCUT2D eigenvalue weighted by Crippen LogP contribution is 2.25. The minimum Gasteiger partial charge on any atom is -0.313 e. The van der Waals surface area contributed by atoms with Crippen LogP contribution in [0, 0.1) is 5.41 Å². The SMILES string of the molecule is CCC(C)(C)N(C)CC(C)(C)CNC1CC1. The van der Waals surface area contributed by atoms with Crippen molar-refractivity contribution >= 4 is 0 Å². The van der Waals surface area contributed by atoms with E-state index in [1.54, 1.807) is 0 Å². The molecular formula is C14H30N2. The number of hydrogen-bond acceptors (Lipinski definition) is 2. The van der Waals surface area contributed by atoms with Crippen molar-refractivity contribution in [1.29, 1.82) is 0 Å². The summed E-state index contributed by atoms with van der Waals surface area (Å²) in [6.45, 7) is 14.0. The number of hydrogen-bond donors (Lipinski definition) is 1. The van der Waals surface area contributed by atoms with Gasteiger partial charge in [-0.15, -0.1) is 0 Å². The molecule has 16 heavy (non-hydrogen) atoms. The molecular weight excluding hydrogens is 196 g/mol. The topological polar surface area (TPSA) is 15.3 Å². The maximum absolute atomic E-state index is 3.65. The third kappa shape index (κ3) is 4.42. The zero-order valence-electron chi connectivity index (χ0n) is 12.1. The Morgan fingerprint density at radius 1 is 1.19 bits per heavy atom. The zero-order chi connectivity index (χ0) is 12.4. The van der Waals surface area contributed by atoms with E-state index in [0.29, 0.717) is 11.0 Å². The fraction of sp³-hybridized carbons (Fsp3) is 1.00. The van der Waals surface area contributed by atoms with Crippen molar-refractivity contribution in [2.45, 2.75) is 65.5 Å². The second-order valence-corrected chi connectivity index (χ2v) is 6.84. The Labute approximate surface area is 102 Å². The van der Waals surface area contributed by atoms with E-state index >= 15 is 0 Å². The normalized spacial score (nSPS) is 18.2. The van der Waals surface area contributed by atoms with Crippen molar-refractivity contribution in [2.24, 2.45) is 5.41 Å².